The van der Waals surface area contributed by atoms with Crippen LogP contribution in [0.1, 0.15) is 24.1 Å². The van der Waals surface area contributed by atoms with Crippen molar-refractivity contribution in [1.29, 1.82) is 5.26 Å². The van der Waals surface area contributed by atoms with Gasteiger partial charge < -0.3 is 15.2 Å². The zero-order chi connectivity index (χ0) is 16.7. The second-order valence-corrected chi connectivity index (χ2v) is 5.72. The molecule has 0 aliphatic heterocycles. The lowest BCUT2D eigenvalue weighted by molar-refractivity contribution is 0.104. The van der Waals surface area contributed by atoms with Crippen LogP contribution in [0.5, 0.6) is 5.75 Å². The summed E-state index contributed by atoms with van der Waals surface area (Å²) in [6.07, 6.45) is -0.625. The molecule has 2 aromatic rings. The molecule has 0 saturated carbocycles. The third kappa shape index (κ3) is 5.57. The highest BCUT2D eigenvalue weighted by Crippen LogP contribution is 2.16. The number of rotatable bonds is 7. The number of nitrogens with zero attached hydrogens (tertiary/aromatic N) is 1. The molecule has 4 nitrogen and oxygen atoms in total. The fourth-order valence-corrected chi connectivity index (χ4v) is 2.19. The molecule has 2 aromatic carbocycles. The number of aliphatic hydroxyl groups is 1. The van der Waals surface area contributed by atoms with Crippen LogP contribution >= 0.6 is 11.6 Å². The van der Waals surface area contributed by atoms with E-state index in [1.807, 2.05) is 37.3 Å². The normalized spacial score (nSPS) is 13.1. The van der Waals surface area contributed by atoms with Crippen LogP contribution in [0.25, 0.3) is 0 Å². The van der Waals surface area contributed by atoms with Crippen molar-refractivity contribution in [3.05, 3.63) is 64.7 Å². The average Bonchev–Trinajstić information content (AvgIpc) is 2.59. The lowest BCUT2D eigenvalue weighted by Gasteiger charge is -2.18. The van der Waals surface area contributed by atoms with Crippen molar-refractivity contribution in [2.75, 3.05) is 13.2 Å². The minimum absolute atomic E-state index is 0.108. The molecule has 0 heterocycles. The Morgan fingerprint density at radius 2 is 1.83 bits per heavy atom. The molecule has 2 rings (SSSR count). The first kappa shape index (κ1) is 17.3. The smallest absolute Gasteiger partial charge is 0.119 e. The van der Waals surface area contributed by atoms with E-state index < -0.39 is 6.10 Å². The number of hydrogen-bond acceptors (Lipinski definition) is 4. The lowest BCUT2D eigenvalue weighted by atomic mass is 10.1. The van der Waals surface area contributed by atoms with Crippen molar-refractivity contribution in [3.8, 4) is 11.8 Å². The SMILES string of the molecule is CC(NCC(O)COc1ccc(C#N)cc1)c1ccc(Cl)cc1. The summed E-state index contributed by atoms with van der Waals surface area (Å²) >= 11 is 5.87. The average molecular weight is 331 g/mol. The fourth-order valence-electron chi connectivity index (χ4n) is 2.06. The van der Waals surface area contributed by atoms with Gasteiger partial charge in [-0.25, -0.2) is 0 Å². The zero-order valence-electron chi connectivity index (χ0n) is 12.9. The summed E-state index contributed by atoms with van der Waals surface area (Å²) in [5.41, 5.74) is 1.69. The Bertz CT molecular complexity index is 650. The second kappa shape index (κ2) is 8.54. The summed E-state index contributed by atoms with van der Waals surface area (Å²) in [7, 11) is 0. The third-order valence-electron chi connectivity index (χ3n) is 3.46. The van der Waals surface area contributed by atoms with Gasteiger partial charge in [0.15, 0.2) is 0 Å². The summed E-state index contributed by atoms with van der Waals surface area (Å²) in [6, 6.07) is 16.6. The zero-order valence-corrected chi connectivity index (χ0v) is 13.6. The van der Waals surface area contributed by atoms with E-state index in [0.717, 1.165) is 5.56 Å². The Kier molecular flexibility index (Phi) is 6.42. The van der Waals surface area contributed by atoms with Crippen LogP contribution in [-0.4, -0.2) is 24.4 Å². The van der Waals surface area contributed by atoms with Gasteiger partial charge in [-0.05, 0) is 48.9 Å². The molecule has 23 heavy (non-hydrogen) atoms. The molecule has 2 atom stereocenters. The third-order valence-corrected chi connectivity index (χ3v) is 3.71. The van der Waals surface area contributed by atoms with Gasteiger partial charge in [-0.1, -0.05) is 23.7 Å². The van der Waals surface area contributed by atoms with Crippen LogP contribution in [0.2, 0.25) is 5.02 Å². The summed E-state index contributed by atoms with van der Waals surface area (Å²) in [6.45, 7) is 2.63. The van der Waals surface area contributed by atoms with Crippen molar-refractivity contribution in [3.63, 3.8) is 0 Å². The number of hydrogen-bond donors (Lipinski definition) is 2. The maximum atomic E-state index is 9.99. The number of nitriles is 1. The highest BCUT2D eigenvalue weighted by Gasteiger charge is 2.09. The van der Waals surface area contributed by atoms with Crippen LogP contribution in [0.3, 0.4) is 0 Å². The standard InChI is InChI=1S/C18H19ClN2O2/c1-13(15-4-6-16(19)7-5-15)21-11-17(22)12-23-18-8-2-14(10-20)3-9-18/h2-9,13,17,21-22H,11-12H2,1H3. The van der Waals surface area contributed by atoms with Gasteiger partial charge in [0.2, 0.25) is 0 Å². The molecule has 0 saturated heterocycles. The molecule has 120 valence electrons. The van der Waals surface area contributed by atoms with Crippen LogP contribution in [0.4, 0.5) is 0 Å². The fraction of sp³-hybridized carbons (Fsp3) is 0.278. The largest absolute Gasteiger partial charge is 0.491 e. The molecule has 5 heteroatoms. The van der Waals surface area contributed by atoms with Crippen molar-refractivity contribution in [2.24, 2.45) is 0 Å². The predicted octanol–water partition coefficient (Wildman–Crippen LogP) is 3.30. The molecule has 0 aliphatic carbocycles. The molecular weight excluding hydrogens is 312 g/mol. The molecule has 0 fully saturated rings. The van der Waals surface area contributed by atoms with Crippen LogP contribution in [-0.2, 0) is 0 Å². The summed E-state index contributed by atoms with van der Waals surface area (Å²) in [5.74, 6) is 0.633. The van der Waals surface area contributed by atoms with Crippen molar-refractivity contribution in [1.82, 2.24) is 5.32 Å². The number of ether oxygens (including phenoxy) is 1. The Labute approximate surface area is 141 Å². The lowest BCUT2D eigenvalue weighted by Crippen LogP contribution is -2.33. The van der Waals surface area contributed by atoms with Gasteiger partial charge in [0.25, 0.3) is 0 Å². The molecular formula is C18H19ClN2O2. The topological polar surface area (TPSA) is 65.3 Å². The Morgan fingerprint density at radius 1 is 1.17 bits per heavy atom. The van der Waals surface area contributed by atoms with Crippen molar-refractivity contribution in [2.45, 2.75) is 19.1 Å². The highest BCUT2D eigenvalue weighted by atomic mass is 35.5. The van der Waals surface area contributed by atoms with E-state index in [-0.39, 0.29) is 12.6 Å². The van der Waals surface area contributed by atoms with Gasteiger partial charge in [-0.2, -0.15) is 5.26 Å². The number of nitrogens with one attached hydrogen (secondary N) is 1. The minimum Gasteiger partial charge on any atom is -0.491 e. The molecule has 0 amide bonds. The van der Waals surface area contributed by atoms with E-state index in [0.29, 0.717) is 22.9 Å². The minimum atomic E-state index is -0.625. The van der Waals surface area contributed by atoms with E-state index >= 15 is 0 Å². The Balaban J connectivity index is 1.75. The second-order valence-electron chi connectivity index (χ2n) is 5.28. The maximum absolute atomic E-state index is 9.99. The predicted molar refractivity (Wildman–Crippen MR) is 90.5 cm³/mol. The molecule has 2 unspecified atom stereocenters. The van der Waals surface area contributed by atoms with Crippen LogP contribution in [0.15, 0.2) is 48.5 Å². The van der Waals surface area contributed by atoms with Crippen LogP contribution in [0, 0.1) is 11.3 Å². The molecule has 2 N–H and O–H groups in total. The highest BCUT2D eigenvalue weighted by molar-refractivity contribution is 6.30. The van der Waals surface area contributed by atoms with E-state index in [9.17, 15) is 5.11 Å². The Hall–Kier alpha value is -2.06. The maximum Gasteiger partial charge on any atom is 0.119 e. The summed E-state index contributed by atoms with van der Waals surface area (Å²) < 4.78 is 5.50. The van der Waals surface area contributed by atoms with Crippen molar-refractivity contribution < 1.29 is 9.84 Å². The monoisotopic (exact) mass is 330 g/mol. The number of halogens is 1. The molecule has 0 aromatic heterocycles. The van der Waals surface area contributed by atoms with Gasteiger partial charge >= 0.3 is 0 Å². The van der Waals surface area contributed by atoms with Gasteiger partial charge in [0.05, 0.1) is 11.6 Å². The van der Waals surface area contributed by atoms with E-state index in [2.05, 4.69) is 5.32 Å². The van der Waals surface area contributed by atoms with E-state index in [1.165, 1.54) is 0 Å². The molecule has 0 bridgehead atoms. The molecule has 0 spiro atoms. The first-order valence-electron chi connectivity index (χ1n) is 7.38. The number of benzene rings is 2. The first-order valence-corrected chi connectivity index (χ1v) is 7.76. The quantitative estimate of drug-likeness (QED) is 0.817. The first-order chi connectivity index (χ1) is 11.1. The molecule has 0 radical (unpaired) electrons. The van der Waals surface area contributed by atoms with Gasteiger partial charge in [0.1, 0.15) is 18.5 Å². The Morgan fingerprint density at radius 3 is 2.43 bits per heavy atom. The van der Waals surface area contributed by atoms with Crippen molar-refractivity contribution >= 4 is 11.6 Å². The number of aliphatic hydroxyl groups excluding tert-OH is 1. The van der Waals surface area contributed by atoms with Gasteiger partial charge in [-0.3, -0.25) is 0 Å². The van der Waals surface area contributed by atoms with Gasteiger partial charge in [0, 0.05) is 17.6 Å². The van der Waals surface area contributed by atoms with Gasteiger partial charge in [-0.15, -0.1) is 0 Å². The van der Waals surface area contributed by atoms with Crippen LogP contribution < -0.4 is 10.1 Å². The van der Waals surface area contributed by atoms with E-state index in [4.69, 9.17) is 21.6 Å². The summed E-state index contributed by atoms with van der Waals surface area (Å²) in [5, 5.41) is 22.7. The summed E-state index contributed by atoms with van der Waals surface area (Å²) in [4.78, 5) is 0. The molecule has 0 aliphatic rings. The van der Waals surface area contributed by atoms with E-state index in [1.54, 1.807) is 24.3 Å².